The molecular weight excluding hydrogens is 324 g/mol. The Hall–Kier alpha value is -2.02. The van der Waals surface area contributed by atoms with Crippen LogP contribution in [0, 0.1) is 0 Å². The first-order chi connectivity index (χ1) is 11.6. The Morgan fingerprint density at radius 3 is 2.42 bits per heavy atom. The summed E-state index contributed by atoms with van der Waals surface area (Å²) in [6, 6.07) is 8.31. The molecule has 6 nitrogen and oxygen atoms in total. The van der Waals surface area contributed by atoms with Gasteiger partial charge < -0.3 is 14.2 Å². The molecule has 130 valence electrons. The molecule has 2 aromatic rings. The number of benzene rings is 1. The van der Waals surface area contributed by atoms with Crippen molar-refractivity contribution >= 4 is 23.4 Å². The van der Waals surface area contributed by atoms with Gasteiger partial charge in [0.05, 0.1) is 12.4 Å². The second-order valence-electron chi connectivity index (χ2n) is 5.18. The highest BCUT2D eigenvalue weighted by molar-refractivity contribution is 7.99. The maximum Gasteiger partial charge on any atom is 0.316 e. The molecule has 0 atom stereocenters. The molecule has 0 unspecified atom stereocenters. The molecule has 1 aromatic carbocycles. The van der Waals surface area contributed by atoms with Crippen LogP contribution in [0.4, 0.5) is 5.69 Å². The van der Waals surface area contributed by atoms with E-state index >= 15 is 0 Å². The van der Waals surface area contributed by atoms with Crippen molar-refractivity contribution in [3.8, 4) is 11.4 Å². The van der Waals surface area contributed by atoms with Gasteiger partial charge in [-0.15, -0.1) is 10.2 Å². The normalized spacial score (nSPS) is 10.7. The Morgan fingerprint density at radius 1 is 1.17 bits per heavy atom. The van der Waals surface area contributed by atoms with Gasteiger partial charge in [-0.2, -0.15) is 0 Å². The van der Waals surface area contributed by atoms with Crippen molar-refractivity contribution in [3.05, 3.63) is 24.3 Å². The van der Waals surface area contributed by atoms with E-state index in [2.05, 4.69) is 53.2 Å². The maximum absolute atomic E-state index is 11.5. The highest BCUT2D eigenvalue weighted by Crippen LogP contribution is 2.25. The molecule has 2 rings (SSSR count). The molecule has 1 aromatic heterocycles. The van der Waals surface area contributed by atoms with Gasteiger partial charge in [-0.05, 0) is 45.0 Å². The molecule has 7 heteroatoms. The van der Waals surface area contributed by atoms with Crippen LogP contribution in [0.5, 0.6) is 0 Å². The summed E-state index contributed by atoms with van der Waals surface area (Å²) in [6.45, 7) is 8.44. The molecule has 0 fully saturated rings. The number of anilines is 1. The van der Waals surface area contributed by atoms with E-state index in [4.69, 9.17) is 4.74 Å². The first kappa shape index (κ1) is 18.3. The summed E-state index contributed by atoms with van der Waals surface area (Å²) in [7, 11) is 1.90. The average Bonchev–Trinajstić information content (AvgIpc) is 2.96. The van der Waals surface area contributed by atoms with E-state index in [9.17, 15) is 4.79 Å². The van der Waals surface area contributed by atoms with E-state index in [-0.39, 0.29) is 11.7 Å². The van der Waals surface area contributed by atoms with Gasteiger partial charge in [-0.25, -0.2) is 0 Å². The summed E-state index contributed by atoms with van der Waals surface area (Å²) in [6.07, 6.45) is 0. The van der Waals surface area contributed by atoms with Gasteiger partial charge in [0, 0.05) is 31.4 Å². The van der Waals surface area contributed by atoms with Crippen LogP contribution >= 0.6 is 11.8 Å². The van der Waals surface area contributed by atoms with Gasteiger partial charge in [0.15, 0.2) is 11.0 Å². The Bertz CT molecular complexity index is 666. The number of hydrogen-bond donors (Lipinski definition) is 0. The quantitative estimate of drug-likeness (QED) is 0.540. The second kappa shape index (κ2) is 8.73. The smallest absolute Gasteiger partial charge is 0.316 e. The molecule has 0 aliphatic heterocycles. The minimum atomic E-state index is -0.240. The summed E-state index contributed by atoms with van der Waals surface area (Å²) in [5.74, 6) is 0.781. The van der Waals surface area contributed by atoms with Gasteiger partial charge in [0.25, 0.3) is 0 Å². The van der Waals surface area contributed by atoms with Crippen molar-refractivity contribution in [2.24, 2.45) is 7.05 Å². The zero-order valence-electron chi connectivity index (χ0n) is 14.7. The summed E-state index contributed by atoms with van der Waals surface area (Å²) in [4.78, 5) is 13.8. The van der Waals surface area contributed by atoms with E-state index in [1.165, 1.54) is 17.4 Å². The first-order valence-corrected chi connectivity index (χ1v) is 9.12. The Labute approximate surface area is 147 Å². The third kappa shape index (κ3) is 4.29. The van der Waals surface area contributed by atoms with Gasteiger partial charge in [-0.3, -0.25) is 4.79 Å². The van der Waals surface area contributed by atoms with Crippen LogP contribution in [0.25, 0.3) is 11.4 Å². The highest BCUT2D eigenvalue weighted by atomic mass is 32.2. The standard InChI is InChI=1S/C17H24N4O2S/c1-5-21(6-2)14-10-8-13(9-11-14)16-18-19-17(20(16)4)24-12-15(22)23-7-3/h8-11H,5-7,12H2,1-4H3. The molecule has 0 bridgehead atoms. The number of esters is 1. The number of ether oxygens (including phenoxy) is 1. The van der Waals surface area contributed by atoms with Crippen molar-refractivity contribution in [3.63, 3.8) is 0 Å². The summed E-state index contributed by atoms with van der Waals surface area (Å²) in [5, 5.41) is 9.12. The number of nitrogens with zero attached hydrogens (tertiary/aromatic N) is 4. The van der Waals surface area contributed by atoms with Gasteiger partial charge in [0.1, 0.15) is 0 Å². The van der Waals surface area contributed by atoms with E-state index in [0.29, 0.717) is 11.8 Å². The molecule has 1 heterocycles. The number of carbonyl (C=O) groups excluding carboxylic acids is 1. The van der Waals surface area contributed by atoms with Gasteiger partial charge in [-0.1, -0.05) is 11.8 Å². The van der Waals surface area contributed by atoms with Crippen LogP contribution in [0.1, 0.15) is 20.8 Å². The lowest BCUT2D eigenvalue weighted by molar-refractivity contribution is -0.139. The Balaban J connectivity index is 2.11. The zero-order chi connectivity index (χ0) is 17.5. The summed E-state index contributed by atoms with van der Waals surface area (Å²) < 4.78 is 6.83. The fourth-order valence-electron chi connectivity index (χ4n) is 2.43. The molecular formula is C17H24N4O2S. The number of rotatable bonds is 8. The number of aromatic nitrogens is 3. The average molecular weight is 348 g/mol. The van der Waals surface area contributed by atoms with Crippen LogP contribution in [0.15, 0.2) is 29.4 Å². The van der Waals surface area contributed by atoms with E-state index in [1.54, 1.807) is 6.92 Å². The van der Waals surface area contributed by atoms with Crippen molar-refractivity contribution in [2.75, 3.05) is 30.3 Å². The summed E-state index contributed by atoms with van der Waals surface area (Å²) >= 11 is 1.33. The molecule has 0 amide bonds. The van der Waals surface area contributed by atoms with E-state index in [0.717, 1.165) is 24.5 Å². The van der Waals surface area contributed by atoms with Crippen LogP contribution in [-0.4, -0.2) is 46.2 Å². The lowest BCUT2D eigenvalue weighted by atomic mass is 10.2. The predicted molar refractivity (Wildman–Crippen MR) is 97.4 cm³/mol. The van der Waals surface area contributed by atoms with Crippen LogP contribution in [-0.2, 0) is 16.6 Å². The molecule has 0 radical (unpaired) electrons. The van der Waals surface area contributed by atoms with Gasteiger partial charge >= 0.3 is 5.97 Å². The lowest BCUT2D eigenvalue weighted by Gasteiger charge is -2.21. The molecule has 0 aliphatic rings. The first-order valence-electron chi connectivity index (χ1n) is 8.13. The largest absolute Gasteiger partial charge is 0.465 e. The third-order valence-electron chi connectivity index (χ3n) is 3.71. The van der Waals surface area contributed by atoms with Crippen molar-refractivity contribution in [2.45, 2.75) is 25.9 Å². The molecule has 0 aliphatic carbocycles. The fourth-order valence-corrected chi connectivity index (χ4v) is 3.14. The molecule has 0 saturated heterocycles. The number of carbonyl (C=O) groups is 1. The van der Waals surface area contributed by atoms with Crippen molar-refractivity contribution < 1.29 is 9.53 Å². The molecule has 0 N–H and O–H groups in total. The van der Waals surface area contributed by atoms with Crippen molar-refractivity contribution in [1.29, 1.82) is 0 Å². The fraction of sp³-hybridized carbons (Fsp3) is 0.471. The molecule has 24 heavy (non-hydrogen) atoms. The molecule has 0 spiro atoms. The monoisotopic (exact) mass is 348 g/mol. The minimum absolute atomic E-state index is 0.237. The highest BCUT2D eigenvalue weighted by Gasteiger charge is 2.13. The van der Waals surface area contributed by atoms with E-state index in [1.807, 2.05) is 11.6 Å². The Morgan fingerprint density at radius 2 is 1.83 bits per heavy atom. The van der Waals surface area contributed by atoms with E-state index < -0.39 is 0 Å². The number of hydrogen-bond acceptors (Lipinski definition) is 6. The maximum atomic E-state index is 11.5. The zero-order valence-corrected chi connectivity index (χ0v) is 15.5. The second-order valence-corrected chi connectivity index (χ2v) is 6.12. The summed E-state index contributed by atoms with van der Waals surface area (Å²) in [5.41, 5.74) is 2.20. The van der Waals surface area contributed by atoms with Crippen LogP contribution in [0.2, 0.25) is 0 Å². The lowest BCUT2D eigenvalue weighted by Crippen LogP contribution is -2.21. The third-order valence-corrected chi connectivity index (χ3v) is 4.71. The Kier molecular flexibility index (Phi) is 6.66. The van der Waals surface area contributed by atoms with Crippen LogP contribution < -0.4 is 4.90 Å². The van der Waals surface area contributed by atoms with Crippen LogP contribution in [0.3, 0.4) is 0 Å². The predicted octanol–water partition coefficient (Wildman–Crippen LogP) is 2.98. The number of thioether (sulfide) groups is 1. The SMILES string of the molecule is CCOC(=O)CSc1nnc(-c2ccc(N(CC)CC)cc2)n1C. The molecule has 0 saturated carbocycles. The van der Waals surface area contributed by atoms with Crippen molar-refractivity contribution in [1.82, 2.24) is 14.8 Å². The van der Waals surface area contributed by atoms with Gasteiger partial charge in [0.2, 0.25) is 0 Å². The minimum Gasteiger partial charge on any atom is -0.465 e. The topological polar surface area (TPSA) is 60.2 Å².